The van der Waals surface area contributed by atoms with E-state index in [1.165, 1.54) is 17.7 Å². The maximum Gasteiger partial charge on any atom is 0.261 e. The molecule has 1 aliphatic rings. The van der Waals surface area contributed by atoms with Crippen molar-refractivity contribution in [2.75, 3.05) is 38.7 Å². The van der Waals surface area contributed by atoms with Crippen molar-refractivity contribution in [2.45, 2.75) is 13.0 Å². The molecule has 4 rings (SSSR count). The van der Waals surface area contributed by atoms with Crippen LogP contribution < -0.4 is 20.1 Å². The lowest BCUT2D eigenvalue weighted by Gasteiger charge is -2.26. The van der Waals surface area contributed by atoms with Gasteiger partial charge in [0.2, 0.25) is 0 Å². The molecule has 0 fully saturated rings. The molecule has 0 bridgehead atoms. The van der Waals surface area contributed by atoms with E-state index in [4.69, 9.17) is 14.2 Å². The third kappa shape index (κ3) is 4.10. The Bertz CT molecular complexity index is 1020. The third-order valence-corrected chi connectivity index (χ3v) is 5.79. The van der Waals surface area contributed by atoms with Gasteiger partial charge in [-0.25, -0.2) is 9.97 Å². The summed E-state index contributed by atoms with van der Waals surface area (Å²) in [5.74, 6) is 2.04. The van der Waals surface area contributed by atoms with Crippen LogP contribution in [0.2, 0.25) is 0 Å². The molecule has 1 atom stereocenters. The topological polar surface area (TPSA) is 94.6 Å². The molecule has 1 amide bonds. The molecular formula is C20H22N4O4S. The molecule has 152 valence electrons. The molecule has 2 N–H and O–H groups in total. The minimum Gasteiger partial charge on any atom is -0.486 e. The fraction of sp³-hybridized carbons (Fsp3) is 0.350. The van der Waals surface area contributed by atoms with Crippen LogP contribution in [-0.4, -0.2) is 55.4 Å². The number of anilines is 1. The Morgan fingerprint density at radius 3 is 2.97 bits per heavy atom. The van der Waals surface area contributed by atoms with Crippen molar-refractivity contribution in [2.24, 2.45) is 0 Å². The Morgan fingerprint density at radius 1 is 1.31 bits per heavy atom. The Kier molecular flexibility index (Phi) is 5.77. The second-order valence-electron chi connectivity index (χ2n) is 6.59. The van der Waals surface area contributed by atoms with Crippen molar-refractivity contribution in [3.63, 3.8) is 0 Å². The normalized spacial score (nSPS) is 15.3. The number of thiophene rings is 1. The molecule has 9 heteroatoms. The highest BCUT2D eigenvalue weighted by molar-refractivity contribution is 7.20. The van der Waals surface area contributed by atoms with Gasteiger partial charge >= 0.3 is 0 Å². The van der Waals surface area contributed by atoms with Crippen LogP contribution in [0, 0.1) is 6.92 Å². The summed E-state index contributed by atoms with van der Waals surface area (Å²) in [5, 5.41) is 7.04. The number of nitrogens with zero attached hydrogens (tertiary/aromatic N) is 2. The van der Waals surface area contributed by atoms with Crippen LogP contribution in [0.4, 0.5) is 5.82 Å². The van der Waals surface area contributed by atoms with Crippen molar-refractivity contribution in [3.05, 3.63) is 41.0 Å². The first-order valence-electron chi connectivity index (χ1n) is 9.31. The number of benzene rings is 1. The number of carbonyl (C=O) groups excluding carboxylic acids is 1. The number of nitrogens with one attached hydrogen (secondary N) is 2. The fourth-order valence-corrected chi connectivity index (χ4v) is 4.21. The number of aromatic nitrogens is 2. The van der Waals surface area contributed by atoms with E-state index in [9.17, 15) is 4.79 Å². The molecule has 0 spiro atoms. The standard InChI is InChI=1S/C20H22N4O4S/c1-12-16-18(22-9-13-10-27-14-5-3-4-6-15(14)28-13)23-11-24-20(16)29-17(12)19(25)21-7-8-26-2/h3-6,11,13H,7-10H2,1-2H3,(H,21,25)(H,22,23,24)/t13-/m1/s1. The number of fused-ring (bicyclic) bond motifs is 2. The molecular weight excluding hydrogens is 392 g/mol. The highest BCUT2D eigenvalue weighted by atomic mass is 32.1. The second-order valence-corrected chi connectivity index (χ2v) is 7.58. The third-order valence-electron chi connectivity index (χ3n) is 4.59. The first-order valence-corrected chi connectivity index (χ1v) is 10.1. The number of methoxy groups -OCH3 is 1. The SMILES string of the molecule is COCCNC(=O)c1sc2ncnc(NC[C@@H]3COc4ccccc4O3)c2c1C. The van der Waals surface area contributed by atoms with E-state index in [2.05, 4.69) is 20.6 Å². The smallest absolute Gasteiger partial charge is 0.261 e. The van der Waals surface area contributed by atoms with Crippen molar-refractivity contribution >= 4 is 33.3 Å². The van der Waals surface area contributed by atoms with Gasteiger partial charge in [-0.15, -0.1) is 11.3 Å². The minimum atomic E-state index is -0.148. The first kappa shape index (κ1) is 19.4. The highest BCUT2D eigenvalue weighted by Crippen LogP contribution is 2.34. The molecule has 3 heterocycles. The highest BCUT2D eigenvalue weighted by Gasteiger charge is 2.22. The lowest BCUT2D eigenvalue weighted by molar-refractivity contribution is 0.0940. The van der Waals surface area contributed by atoms with Crippen LogP contribution in [0.1, 0.15) is 15.2 Å². The molecule has 0 unspecified atom stereocenters. The molecule has 3 aromatic rings. The number of hydrogen-bond acceptors (Lipinski definition) is 8. The van der Waals surface area contributed by atoms with Gasteiger partial charge in [0.1, 0.15) is 29.7 Å². The van der Waals surface area contributed by atoms with Gasteiger partial charge in [-0.2, -0.15) is 0 Å². The van der Waals surface area contributed by atoms with Gasteiger partial charge in [0.05, 0.1) is 23.4 Å². The summed E-state index contributed by atoms with van der Waals surface area (Å²) in [4.78, 5) is 22.6. The number of amides is 1. The summed E-state index contributed by atoms with van der Waals surface area (Å²) in [6, 6.07) is 7.61. The van der Waals surface area contributed by atoms with Gasteiger partial charge in [0.15, 0.2) is 11.5 Å². The van der Waals surface area contributed by atoms with Gasteiger partial charge in [-0.05, 0) is 24.6 Å². The van der Waals surface area contributed by atoms with E-state index in [0.29, 0.717) is 37.0 Å². The van der Waals surface area contributed by atoms with Crippen LogP contribution >= 0.6 is 11.3 Å². The molecule has 29 heavy (non-hydrogen) atoms. The Morgan fingerprint density at radius 2 is 2.14 bits per heavy atom. The molecule has 8 nitrogen and oxygen atoms in total. The number of para-hydroxylation sites is 2. The Labute approximate surface area is 172 Å². The number of ether oxygens (including phenoxy) is 3. The van der Waals surface area contributed by atoms with Gasteiger partial charge < -0.3 is 24.8 Å². The average Bonchev–Trinajstić information content (AvgIpc) is 3.09. The zero-order valence-electron chi connectivity index (χ0n) is 16.2. The summed E-state index contributed by atoms with van der Waals surface area (Å²) in [6.45, 7) is 3.81. The lowest BCUT2D eigenvalue weighted by atomic mass is 10.2. The Hall–Kier alpha value is -2.91. The molecule has 0 saturated heterocycles. The van der Waals surface area contributed by atoms with Crippen LogP contribution in [0.15, 0.2) is 30.6 Å². The van der Waals surface area contributed by atoms with Crippen molar-refractivity contribution < 1.29 is 19.0 Å². The quantitative estimate of drug-likeness (QED) is 0.574. The number of hydrogen-bond donors (Lipinski definition) is 2. The first-order chi connectivity index (χ1) is 14.2. The summed E-state index contributed by atoms with van der Waals surface area (Å²) in [6.07, 6.45) is 1.35. The van der Waals surface area contributed by atoms with Gasteiger partial charge in [-0.3, -0.25) is 4.79 Å². The van der Waals surface area contributed by atoms with Crippen molar-refractivity contribution in [1.82, 2.24) is 15.3 Å². The van der Waals surface area contributed by atoms with Crippen LogP contribution in [0.25, 0.3) is 10.2 Å². The average molecular weight is 414 g/mol. The fourth-order valence-electron chi connectivity index (χ4n) is 3.14. The predicted molar refractivity (Wildman–Crippen MR) is 111 cm³/mol. The summed E-state index contributed by atoms with van der Waals surface area (Å²) < 4.78 is 16.7. The molecule has 2 aromatic heterocycles. The second kappa shape index (κ2) is 8.62. The monoisotopic (exact) mass is 414 g/mol. The maximum absolute atomic E-state index is 12.5. The number of carbonyl (C=O) groups is 1. The van der Waals surface area contributed by atoms with Gasteiger partial charge in [0, 0.05) is 13.7 Å². The predicted octanol–water partition coefficient (Wildman–Crippen LogP) is 2.63. The van der Waals surface area contributed by atoms with Crippen molar-refractivity contribution in [3.8, 4) is 11.5 Å². The van der Waals surface area contributed by atoms with Gasteiger partial charge in [-0.1, -0.05) is 12.1 Å². The van der Waals surface area contributed by atoms with Gasteiger partial charge in [0.25, 0.3) is 5.91 Å². The van der Waals surface area contributed by atoms with Crippen LogP contribution in [0.3, 0.4) is 0 Å². The summed E-state index contributed by atoms with van der Waals surface area (Å²) in [7, 11) is 1.60. The Balaban J connectivity index is 1.49. The zero-order valence-corrected chi connectivity index (χ0v) is 17.0. The van der Waals surface area contributed by atoms with E-state index in [1.807, 2.05) is 31.2 Å². The molecule has 0 radical (unpaired) electrons. The molecule has 0 aliphatic carbocycles. The molecule has 0 saturated carbocycles. The van der Waals surface area contributed by atoms with Crippen molar-refractivity contribution in [1.29, 1.82) is 0 Å². The van der Waals surface area contributed by atoms with Crippen LogP contribution in [0.5, 0.6) is 11.5 Å². The minimum absolute atomic E-state index is 0.130. The summed E-state index contributed by atoms with van der Waals surface area (Å²) >= 11 is 1.36. The zero-order chi connectivity index (χ0) is 20.2. The van der Waals surface area contributed by atoms with E-state index in [-0.39, 0.29) is 12.0 Å². The van der Waals surface area contributed by atoms with E-state index in [0.717, 1.165) is 27.3 Å². The van der Waals surface area contributed by atoms with E-state index >= 15 is 0 Å². The summed E-state index contributed by atoms with van der Waals surface area (Å²) in [5.41, 5.74) is 0.856. The van der Waals surface area contributed by atoms with Crippen LogP contribution in [-0.2, 0) is 4.74 Å². The maximum atomic E-state index is 12.5. The molecule has 1 aliphatic heterocycles. The van der Waals surface area contributed by atoms with E-state index in [1.54, 1.807) is 7.11 Å². The van der Waals surface area contributed by atoms with E-state index < -0.39 is 0 Å². The molecule has 1 aromatic carbocycles. The largest absolute Gasteiger partial charge is 0.486 e. The lowest BCUT2D eigenvalue weighted by Crippen LogP contribution is -2.35. The number of rotatable bonds is 7. The number of aryl methyl sites for hydroxylation is 1.